The van der Waals surface area contributed by atoms with E-state index < -0.39 is 0 Å². The molecule has 2 nitrogen and oxygen atoms in total. The third-order valence-corrected chi connectivity index (χ3v) is 6.25. The second-order valence-electron chi connectivity index (χ2n) is 9.94. The minimum absolute atomic E-state index is 0.219. The van der Waals surface area contributed by atoms with Crippen LogP contribution < -0.4 is 5.32 Å². The molecule has 1 N–H and O–H groups in total. The molecule has 0 aromatic heterocycles. The molecule has 1 unspecified atom stereocenters. The highest BCUT2D eigenvalue weighted by molar-refractivity contribution is 5.37. The molecule has 0 saturated carbocycles. The van der Waals surface area contributed by atoms with E-state index in [9.17, 15) is 0 Å². The van der Waals surface area contributed by atoms with Crippen LogP contribution in [0.15, 0.2) is 85.1 Å². The van der Waals surface area contributed by atoms with Crippen LogP contribution in [-0.2, 0) is 19.4 Å². The molecule has 0 bridgehead atoms. The zero-order valence-electron chi connectivity index (χ0n) is 22.2. The van der Waals surface area contributed by atoms with Gasteiger partial charge in [0.25, 0.3) is 0 Å². The Hall–Kier alpha value is -2.58. The lowest BCUT2D eigenvalue weighted by Gasteiger charge is -2.27. The average Bonchev–Trinajstić information content (AvgIpc) is 2.81. The van der Waals surface area contributed by atoms with Crippen LogP contribution in [0, 0.1) is 5.92 Å². The van der Waals surface area contributed by atoms with Crippen molar-refractivity contribution in [3.8, 4) is 0 Å². The molecule has 1 atom stereocenters. The van der Waals surface area contributed by atoms with Gasteiger partial charge in [0.1, 0.15) is 0 Å². The van der Waals surface area contributed by atoms with E-state index in [1.54, 1.807) is 0 Å². The maximum absolute atomic E-state index is 4.49. The van der Waals surface area contributed by atoms with Crippen molar-refractivity contribution in [3.63, 3.8) is 0 Å². The van der Waals surface area contributed by atoms with Crippen molar-refractivity contribution in [2.75, 3.05) is 14.1 Å². The van der Waals surface area contributed by atoms with Gasteiger partial charge < -0.3 is 5.32 Å². The molecule has 0 spiro atoms. The van der Waals surface area contributed by atoms with Gasteiger partial charge in [-0.1, -0.05) is 100 Å². The van der Waals surface area contributed by atoms with Crippen LogP contribution in [0.1, 0.15) is 74.8 Å². The molecule has 2 aromatic carbocycles. The van der Waals surface area contributed by atoms with Gasteiger partial charge >= 0.3 is 0 Å². The molecule has 0 fully saturated rings. The Morgan fingerprint density at radius 2 is 1.74 bits per heavy atom. The molecule has 184 valence electrons. The van der Waals surface area contributed by atoms with Gasteiger partial charge in [-0.25, -0.2) is 0 Å². The first-order valence-electron chi connectivity index (χ1n) is 12.9. The topological polar surface area (TPSA) is 15.3 Å². The highest BCUT2D eigenvalue weighted by Gasteiger charge is 2.18. The quantitative estimate of drug-likeness (QED) is 0.215. The van der Waals surface area contributed by atoms with Gasteiger partial charge in [-0.2, -0.15) is 0 Å². The molecule has 2 heteroatoms. The smallest absolute Gasteiger partial charge is 0.0556 e. The number of unbranched alkanes of at least 4 members (excludes halogenated alkanes) is 2. The van der Waals surface area contributed by atoms with E-state index in [0.29, 0.717) is 5.92 Å². The number of hydrogen-bond acceptors (Lipinski definition) is 2. The molecule has 0 aliphatic rings. The first-order chi connectivity index (χ1) is 16.3. The number of allylic oxidation sites excluding steroid dienone is 3. The molecule has 0 saturated heterocycles. The highest BCUT2D eigenvalue weighted by Crippen LogP contribution is 2.29. The summed E-state index contributed by atoms with van der Waals surface area (Å²) in [5.74, 6) is 0.646. The lowest BCUT2D eigenvalue weighted by Crippen LogP contribution is -2.22. The summed E-state index contributed by atoms with van der Waals surface area (Å²) < 4.78 is 0. The molecule has 2 aromatic rings. The number of hydrogen-bond donors (Lipinski definition) is 1. The summed E-state index contributed by atoms with van der Waals surface area (Å²) in [5.41, 5.74) is 7.78. The Morgan fingerprint density at radius 1 is 1.00 bits per heavy atom. The minimum atomic E-state index is 0.219. The number of rotatable bonds is 15. The Morgan fingerprint density at radius 3 is 2.38 bits per heavy atom. The second kappa shape index (κ2) is 14.6. The summed E-state index contributed by atoms with van der Waals surface area (Å²) in [6, 6.07) is 17.8. The maximum Gasteiger partial charge on any atom is 0.0556 e. The first-order valence-corrected chi connectivity index (χ1v) is 12.9. The van der Waals surface area contributed by atoms with Crippen molar-refractivity contribution in [3.05, 3.63) is 107 Å². The fraction of sp³-hybridized carbons (Fsp3) is 0.438. The van der Waals surface area contributed by atoms with Gasteiger partial charge in [0, 0.05) is 12.2 Å². The van der Waals surface area contributed by atoms with Crippen molar-refractivity contribution >= 4 is 0 Å². The largest absolute Gasteiger partial charge is 0.385 e. The third kappa shape index (κ3) is 9.35. The fourth-order valence-electron chi connectivity index (χ4n) is 4.45. The van der Waals surface area contributed by atoms with Crippen molar-refractivity contribution in [2.24, 2.45) is 5.92 Å². The van der Waals surface area contributed by atoms with Gasteiger partial charge in [0.05, 0.1) is 6.04 Å². The van der Waals surface area contributed by atoms with Crippen LogP contribution in [0.4, 0.5) is 0 Å². The second-order valence-corrected chi connectivity index (χ2v) is 9.94. The normalized spacial score (nSPS) is 12.4. The van der Waals surface area contributed by atoms with E-state index >= 15 is 0 Å². The van der Waals surface area contributed by atoms with Gasteiger partial charge in [0.15, 0.2) is 0 Å². The van der Waals surface area contributed by atoms with Crippen LogP contribution in [0.25, 0.3) is 0 Å². The molecule has 2 rings (SSSR count). The van der Waals surface area contributed by atoms with E-state index in [1.807, 2.05) is 0 Å². The summed E-state index contributed by atoms with van der Waals surface area (Å²) in [6.07, 6.45) is 11.1. The van der Waals surface area contributed by atoms with E-state index in [2.05, 4.69) is 119 Å². The summed E-state index contributed by atoms with van der Waals surface area (Å²) in [4.78, 5) is 2.26. The molecule has 34 heavy (non-hydrogen) atoms. The van der Waals surface area contributed by atoms with Crippen molar-refractivity contribution in [2.45, 2.75) is 71.9 Å². The molecule has 0 amide bonds. The van der Waals surface area contributed by atoms with Crippen molar-refractivity contribution in [1.29, 1.82) is 0 Å². The lowest BCUT2D eigenvalue weighted by molar-refractivity contribution is 0.334. The lowest BCUT2D eigenvalue weighted by atomic mass is 9.90. The van der Waals surface area contributed by atoms with Gasteiger partial charge in [-0.15, -0.1) is 0 Å². The predicted octanol–water partition coefficient (Wildman–Crippen LogP) is 8.03. The first kappa shape index (κ1) is 27.7. The summed E-state index contributed by atoms with van der Waals surface area (Å²) in [6.45, 7) is 16.3. The van der Waals surface area contributed by atoms with E-state index in [0.717, 1.165) is 37.9 Å². The Balaban J connectivity index is 1.91. The highest BCUT2D eigenvalue weighted by atomic mass is 15.1. The van der Waals surface area contributed by atoms with Gasteiger partial charge in [-0.3, -0.25) is 4.90 Å². The predicted molar refractivity (Wildman–Crippen MR) is 150 cm³/mol. The van der Waals surface area contributed by atoms with Crippen LogP contribution >= 0.6 is 0 Å². The van der Waals surface area contributed by atoms with Crippen molar-refractivity contribution < 1.29 is 0 Å². The number of likely N-dealkylation sites (N-methyl/N-ethyl adjacent to an activating group) is 1. The van der Waals surface area contributed by atoms with Crippen LogP contribution in [0.2, 0.25) is 0 Å². The summed E-state index contributed by atoms with van der Waals surface area (Å²) in [5, 5.41) is 3.54. The zero-order valence-corrected chi connectivity index (χ0v) is 22.2. The third-order valence-electron chi connectivity index (χ3n) is 6.25. The van der Waals surface area contributed by atoms with Crippen LogP contribution in [0.3, 0.4) is 0 Å². The Labute approximate surface area is 209 Å². The monoisotopic (exact) mass is 458 g/mol. The zero-order chi connectivity index (χ0) is 24.9. The minimum Gasteiger partial charge on any atom is -0.385 e. The fourth-order valence-corrected chi connectivity index (χ4v) is 4.45. The van der Waals surface area contributed by atoms with Crippen LogP contribution in [0.5, 0.6) is 0 Å². The molecule has 0 aliphatic heterocycles. The summed E-state index contributed by atoms with van der Waals surface area (Å²) in [7, 11) is 4.27. The van der Waals surface area contributed by atoms with Gasteiger partial charge in [0.2, 0.25) is 0 Å². The molecule has 0 aliphatic carbocycles. The number of benzene rings is 2. The maximum atomic E-state index is 4.49. The Kier molecular flexibility index (Phi) is 11.9. The molecule has 0 heterocycles. The number of nitrogens with one attached hydrogen (secondary N) is 1. The van der Waals surface area contributed by atoms with Crippen LogP contribution in [-0.4, -0.2) is 19.0 Å². The molecule has 0 radical (unpaired) electrons. The van der Waals surface area contributed by atoms with Crippen molar-refractivity contribution in [1.82, 2.24) is 10.2 Å². The van der Waals surface area contributed by atoms with E-state index in [1.165, 1.54) is 40.7 Å². The van der Waals surface area contributed by atoms with E-state index in [4.69, 9.17) is 0 Å². The number of nitrogens with zero attached hydrogens (tertiary/aromatic N) is 1. The van der Waals surface area contributed by atoms with E-state index in [-0.39, 0.29) is 6.04 Å². The SMILES string of the molecule is C=C(CCCC/C=C/C(C)C)NCc1ccc(CC(=C)C(c2ccccc2)N(C)C)c(CC)c1. The average molecular weight is 459 g/mol. The standard InChI is InChI=1S/C32H46N2/c1-8-29-23-28(24-33-27(5)17-13-10-9-12-16-25(2)3)20-21-31(29)22-26(4)32(34(6)7)30-18-14-11-15-19-30/h11-12,14-16,18-21,23,25,32-33H,4-5,8-10,13,17,22,24H2,1-3,6-7H3/b16-12+. The van der Waals surface area contributed by atoms with Gasteiger partial charge in [-0.05, 0) is 80.8 Å². The molecular weight excluding hydrogens is 412 g/mol. The number of aryl methyl sites for hydroxylation is 1. The summed E-state index contributed by atoms with van der Waals surface area (Å²) >= 11 is 0. The molecular formula is C32H46N2. The Bertz CT molecular complexity index is 921.